The lowest BCUT2D eigenvalue weighted by Gasteiger charge is -2.15. The summed E-state index contributed by atoms with van der Waals surface area (Å²) < 4.78 is 12.4. The first-order chi connectivity index (χ1) is 12.9. The summed E-state index contributed by atoms with van der Waals surface area (Å²) in [7, 11) is 5.21. The van der Waals surface area contributed by atoms with E-state index in [1.54, 1.807) is 18.9 Å². The monoisotopic (exact) mass is 373 g/mol. The average molecular weight is 373 g/mol. The second-order valence-corrected chi connectivity index (χ2v) is 6.97. The van der Waals surface area contributed by atoms with Gasteiger partial charge in [0.25, 0.3) is 5.91 Å². The van der Waals surface area contributed by atoms with E-state index in [9.17, 15) is 4.79 Å². The highest BCUT2D eigenvalue weighted by molar-refractivity contribution is 5.96. The first kappa shape index (κ1) is 21.0. The van der Waals surface area contributed by atoms with E-state index in [0.717, 1.165) is 35.5 Å². The third kappa shape index (κ3) is 5.10. The smallest absolute Gasteiger partial charge is 0.255 e. The second-order valence-electron chi connectivity index (χ2n) is 6.97. The van der Waals surface area contributed by atoms with E-state index in [-0.39, 0.29) is 5.91 Å². The molecule has 0 aliphatic carbocycles. The Morgan fingerprint density at radius 1 is 1.30 bits per heavy atom. The van der Waals surface area contributed by atoms with E-state index in [4.69, 9.17) is 9.47 Å². The van der Waals surface area contributed by atoms with Gasteiger partial charge in [0.2, 0.25) is 0 Å². The minimum absolute atomic E-state index is 0.0451. The number of hydrogen-bond acceptors (Lipinski definition) is 4. The Balaban J connectivity index is 1.87. The SMILES string of the molecule is COCc1ccc([C@H](C)CCCNC(=O)c2c(C)nn(C)c2C)cc1OC. The maximum atomic E-state index is 12.4. The summed E-state index contributed by atoms with van der Waals surface area (Å²) in [6.45, 7) is 7.16. The van der Waals surface area contributed by atoms with Crippen LogP contribution in [0.4, 0.5) is 0 Å². The highest BCUT2D eigenvalue weighted by Gasteiger charge is 2.17. The number of aryl methyl sites for hydroxylation is 2. The van der Waals surface area contributed by atoms with Crippen molar-refractivity contribution in [2.75, 3.05) is 20.8 Å². The summed E-state index contributed by atoms with van der Waals surface area (Å²) in [6.07, 6.45) is 1.89. The fourth-order valence-corrected chi connectivity index (χ4v) is 3.31. The fraction of sp³-hybridized carbons (Fsp3) is 0.524. The summed E-state index contributed by atoms with van der Waals surface area (Å²) >= 11 is 0. The zero-order valence-electron chi connectivity index (χ0n) is 17.3. The Hall–Kier alpha value is -2.34. The number of hydrogen-bond donors (Lipinski definition) is 1. The van der Waals surface area contributed by atoms with Crippen molar-refractivity contribution in [3.8, 4) is 5.75 Å². The maximum absolute atomic E-state index is 12.4. The number of methoxy groups -OCH3 is 2. The predicted octanol–water partition coefficient (Wildman–Crippen LogP) is 3.51. The molecule has 1 N–H and O–H groups in total. The van der Waals surface area contributed by atoms with Gasteiger partial charge in [0.15, 0.2) is 0 Å². The van der Waals surface area contributed by atoms with Gasteiger partial charge in [-0.1, -0.05) is 19.1 Å². The van der Waals surface area contributed by atoms with Crippen molar-refractivity contribution in [1.29, 1.82) is 0 Å². The van der Waals surface area contributed by atoms with Gasteiger partial charge in [-0.3, -0.25) is 9.48 Å². The number of nitrogens with one attached hydrogen (secondary N) is 1. The molecule has 148 valence electrons. The number of carbonyl (C=O) groups excluding carboxylic acids is 1. The molecule has 2 rings (SSSR count). The normalized spacial score (nSPS) is 12.1. The summed E-state index contributed by atoms with van der Waals surface area (Å²) in [6, 6.07) is 6.27. The highest BCUT2D eigenvalue weighted by atomic mass is 16.5. The minimum Gasteiger partial charge on any atom is -0.496 e. The fourth-order valence-electron chi connectivity index (χ4n) is 3.31. The van der Waals surface area contributed by atoms with Crippen molar-refractivity contribution in [1.82, 2.24) is 15.1 Å². The number of ether oxygens (including phenoxy) is 2. The average Bonchev–Trinajstić information content (AvgIpc) is 2.90. The molecule has 1 aromatic heterocycles. The van der Waals surface area contributed by atoms with E-state index in [1.807, 2.05) is 20.9 Å². The summed E-state index contributed by atoms with van der Waals surface area (Å²) in [5.41, 5.74) is 4.62. The number of aromatic nitrogens is 2. The molecule has 0 aliphatic rings. The number of nitrogens with zero attached hydrogens (tertiary/aromatic N) is 2. The van der Waals surface area contributed by atoms with Crippen LogP contribution in [0.5, 0.6) is 5.75 Å². The van der Waals surface area contributed by atoms with Gasteiger partial charge in [-0.25, -0.2) is 0 Å². The lowest BCUT2D eigenvalue weighted by atomic mass is 9.95. The molecule has 6 heteroatoms. The summed E-state index contributed by atoms with van der Waals surface area (Å²) in [4.78, 5) is 12.4. The molecule has 0 fully saturated rings. The number of carbonyl (C=O) groups is 1. The molecule has 0 aliphatic heterocycles. The molecule has 1 atom stereocenters. The largest absolute Gasteiger partial charge is 0.496 e. The van der Waals surface area contributed by atoms with Crippen molar-refractivity contribution in [2.45, 2.75) is 46.1 Å². The zero-order valence-corrected chi connectivity index (χ0v) is 17.3. The van der Waals surface area contributed by atoms with Crippen LogP contribution >= 0.6 is 0 Å². The van der Waals surface area contributed by atoms with E-state index in [0.29, 0.717) is 24.6 Å². The van der Waals surface area contributed by atoms with E-state index >= 15 is 0 Å². The van der Waals surface area contributed by atoms with Crippen LogP contribution < -0.4 is 10.1 Å². The Kier molecular flexibility index (Phi) is 7.42. The predicted molar refractivity (Wildman–Crippen MR) is 106 cm³/mol. The molecule has 0 saturated heterocycles. The molecule has 27 heavy (non-hydrogen) atoms. The van der Waals surface area contributed by atoms with Gasteiger partial charge in [-0.15, -0.1) is 0 Å². The highest BCUT2D eigenvalue weighted by Crippen LogP contribution is 2.27. The van der Waals surface area contributed by atoms with Crippen LogP contribution in [0.2, 0.25) is 0 Å². The molecular weight excluding hydrogens is 342 g/mol. The molecule has 0 spiro atoms. The lowest BCUT2D eigenvalue weighted by molar-refractivity contribution is 0.0951. The topological polar surface area (TPSA) is 65.4 Å². The first-order valence-corrected chi connectivity index (χ1v) is 9.33. The van der Waals surface area contributed by atoms with Crippen molar-refractivity contribution >= 4 is 5.91 Å². The molecule has 0 saturated carbocycles. The van der Waals surface area contributed by atoms with Gasteiger partial charge in [-0.2, -0.15) is 5.10 Å². The Labute approximate surface area is 161 Å². The van der Waals surface area contributed by atoms with Gasteiger partial charge in [0.1, 0.15) is 5.75 Å². The summed E-state index contributed by atoms with van der Waals surface area (Å²) in [5.74, 6) is 1.20. The van der Waals surface area contributed by atoms with Crippen LogP contribution in [0.3, 0.4) is 0 Å². The summed E-state index contributed by atoms with van der Waals surface area (Å²) in [5, 5.41) is 7.32. The molecule has 0 radical (unpaired) electrons. The van der Waals surface area contributed by atoms with Crippen molar-refractivity contribution in [3.05, 3.63) is 46.3 Å². The molecule has 1 aromatic carbocycles. The first-order valence-electron chi connectivity index (χ1n) is 9.33. The molecule has 0 unspecified atom stereocenters. The van der Waals surface area contributed by atoms with Crippen molar-refractivity contribution in [2.24, 2.45) is 7.05 Å². The van der Waals surface area contributed by atoms with Crippen LogP contribution in [0.25, 0.3) is 0 Å². The van der Waals surface area contributed by atoms with E-state index in [1.165, 1.54) is 5.56 Å². The van der Waals surface area contributed by atoms with E-state index < -0.39 is 0 Å². The number of amides is 1. The van der Waals surface area contributed by atoms with Gasteiger partial charge in [0, 0.05) is 32.0 Å². The molecule has 1 amide bonds. The Morgan fingerprint density at radius 2 is 2.04 bits per heavy atom. The molecule has 2 aromatic rings. The van der Waals surface area contributed by atoms with Crippen LogP contribution in [-0.4, -0.2) is 36.5 Å². The van der Waals surface area contributed by atoms with Crippen LogP contribution in [0.1, 0.15) is 58.6 Å². The van der Waals surface area contributed by atoms with Crippen molar-refractivity contribution in [3.63, 3.8) is 0 Å². The number of rotatable bonds is 9. The quantitative estimate of drug-likeness (QED) is 0.683. The van der Waals surface area contributed by atoms with Gasteiger partial charge >= 0.3 is 0 Å². The van der Waals surface area contributed by atoms with E-state index in [2.05, 4.69) is 35.5 Å². The standard InChI is InChI=1S/C21H31N3O3/c1-14(17-9-10-18(13-26-5)19(12-17)27-6)8-7-11-22-21(25)20-15(2)23-24(4)16(20)3/h9-10,12,14H,7-8,11,13H2,1-6H3,(H,22,25)/t14-/m1/s1. The molecular formula is C21H31N3O3. The number of benzene rings is 1. The third-order valence-corrected chi connectivity index (χ3v) is 5.02. The van der Waals surface area contributed by atoms with Crippen LogP contribution in [0, 0.1) is 13.8 Å². The lowest BCUT2D eigenvalue weighted by Crippen LogP contribution is -2.25. The second kappa shape index (κ2) is 9.55. The van der Waals surface area contributed by atoms with Crippen LogP contribution in [-0.2, 0) is 18.4 Å². The minimum atomic E-state index is -0.0451. The third-order valence-electron chi connectivity index (χ3n) is 5.02. The van der Waals surface area contributed by atoms with Gasteiger partial charge in [-0.05, 0) is 44.2 Å². The zero-order chi connectivity index (χ0) is 20.0. The van der Waals surface area contributed by atoms with Gasteiger partial charge < -0.3 is 14.8 Å². The maximum Gasteiger partial charge on any atom is 0.255 e. The Morgan fingerprint density at radius 3 is 2.63 bits per heavy atom. The van der Waals surface area contributed by atoms with Crippen molar-refractivity contribution < 1.29 is 14.3 Å². The molecule has 1 heterocycles. The molecule has 0 bridgehead atoms. The van der Waals surface area contributed by atoms with Gasteiger partial charge in [0.05, 0.1) is 25.0 Å². The molecule has 6 nitrogen and oxygen atoms in total. The Bertz CT molecular complexity index is 783. The van der Waals surface area contributed by atoms with Crippen LogP contribution in [0.15, 0.2) is 18.2 Å².